The molecule has 0 aromatic heterocycles. The molecule has 2 saturated heterocycles. The number of likely N-dealkylation sites (tertiary alicyclic amines) is 1. The fourth-order valence-electron chi connectivity index (χ4n) is 3.58. The number of amides is 1. The molecule has 0 bridgehead atoms. The van der Waals surface area contributed by atoms with Gasteiger partial charge in [-0.2, -0.15) is 4.31 Å². The summed E-state index contributed by atoms with van der Waals surface area (Å²) in [6.45, 7) is 5.40. The van der Waals surface area contributed by atoms with E-state index in [1.807, 2.05) is 13.8 Å². The zero-order valence-electron chi connectivity index (χ0n) is 14.8. The van der Waals surface area contributed by atoms with Gasteiger partial charge in [0, 0.05) is 43.8 Å². The monoisotopic (exact) mass is 366 g/mol. The van der Waals surface area contributed by atoms with Crippen molar-refractivity contribution in [3.63, 3.8) is 0 Å². The molecular formula is C18H26N2O4S. The summed E-state index contributed by atoms with van der Waals surface area (Å²) in [7, 11) is -3.59. The van der Waals surface area contributed by atoms with E-state index in [9.17, 15) is 13.2 Å². The number of rotatable bonds is 4. The number of hydrogen-bond acceptors (Lipinski definition) is 4. The van der Waals surface area contributed by atoms with Gasteiger partial charge in [-0.3, -0.25) is 4.79 Å². The first-order valence-electron chi connectivity index (χ1n) is 8.87. The molecule has 1 atom stereocenters. The second-order valence-electron chi connectivity index (χ2n) is 7.20. The number of benzene rings is 1. The smallest absolute Gasteiger partial charge is 0.254 e. The molecule has 1 amide bonds. The number of hydrogen-bond donors (Lipinski definition) is 1. The predicted molar refractivity (Wildman–Crippen MR) is 94.9 cm³/mol. The number of piperidine rings is 1. The molecule has 2 aliphatic rings. The molecule has 6 nitrogen and oxygen atoms in total. The van der Waals surface area contributed by atoms with Crippen LogP contribution in [0.25, 0.3) is 0 Å². The maximum absolute atomic E-state index is 13.0. The molecule has 2 aliphatic heterocycles. The van der Waals surface area contributed by atoms with Crippen molar-refractivity contribution in [2.75, 3.05) is 26.2 Å². The summed E-state index contributed by atoms with van der Waals surface area (Å²) in [4.78, 5) is 14.5. The van der Waals surface area contributed by atoms with Gasteiger partial charge in [0.05, 0.1) is 4.90 Å². The van der Waals surface area contributed by atoms with Crippen molar-refractivity contribution < 1.29 is 18.3 Å². The fourth-order valence-corrected chi connectivity index (χ4v) is 5.30. The van der Waals surface area contributed by atoms with Crippen molar-refractivity contribution in [3.05, 3.63) is 29.3 Å². The summed E-state index contributed by atoms with van der Waals surface area (Å²) in [5.74, 6) is -0.0312. The number of carbonyl (C=O) groups is 1. The number of aryl methyl sites for hydroxylation is 1. The van der Waals surface area contributed by atoms with Crippen LogP contribution in [0, 0.1) is 12.8 Å². The van der Waals surface area contributed by atoms with Gasteiger partial charge < -0.3 is 10.0 Å². The van der Waals surface area contributed by atoms with Gasteiger partial charge in [0.15, 0.2) is 0 Å². The highest BCUT2D eigenvalue weighted by Gasteiger charge is 2.34. The van der Waals surface area contributed by atoms with Gasteiger partial charge >= 0.3 is 0 Å². The lowest BCUT2D eigenvalue weighted by Gasteiger charge is -2.38. The van der Waals surface area contributed by atoms with Crippen molar-refractivity contribution >= 4 is 15.9 Å². The van der Waals surface area contributed by atoms with E-state index >= 15 is 0 Å². The largest absolute Gasteiger partial charge is 0.396 e. The number of aliphatic hydroxyl groups excluding tert-OH is 1. The van der Waals surface area contributed by atoms with E-state index in [1.165, 1.54) is 6.07 Å². The summed E-state index contributed by atoms with van der Waals surface area (Å²) in [6.07, 6.45) is 2.79. The van der Waals surface area contributed by atoms with E-state index in [0.717, 1.165) is 24.8 Å². The van der Waals surface area contributed by atoms with E-state index in [4.69, 9.17) is 5.11 Å². The first kappa shape index (κ1) is 18.4. The molecule has 2 heterocycles. The molecule has 3 rings (SSSR count). The molecule has 25 heavy (non-hydrogen) atoms. The van der Waals surface area contributed by atoms with Crippen LogP contribution in [0.15, 0.2) is 23.1 Å². The topological polar surface area (TPSA) is 77.9 Å². The van der Waals surface area contributed by atoms with Crippen LogP contribution in [0.1, 0.15) is 42.1 Å². The minimum absolute atomic E-state index is 0.0140. The summed E-state index contributed by atoms with van der Waals surface area (Å²) in [5.41, 5.74) is 1.20. The van der Waals surface area contributed by atoms with Crippen LogP contribution in [0.5, 0.6) is 0 Å². The third-order valence-electron chi connectivity index (χ3n) is 5.29. The Bertz CT molecular complexity index is 756. The molecule has 0 unspecified atom stereocenters. The van der Waals surface area contributed by atoms with E-state index in [-0.39, 0.29) is 29.4 Å². The molecule has 138 valence electrons. The van der Waals surface area contributed by atoms with Gasteiger partial charge in [-0.05, 0) is 44.4 Å². The minimum Gasteiger partial charge on any atom is -0.396 e. The zero-order valence-corrected chi connectivity index (χ0v) is 15.6. The standard InChI is InChI=1S/C18H26N2O4S/c1-13-6-7-16(25(23,24)20-8-4-3-5-14(20)2)9-17(13)18(22)19-10-15(11-19)12-21/h6-7,9,14-15,21H,3-5,8,10-12H2,1-2H3/t14-/m0/s1. The number of aliphatic hydroxyl groups is 1. The second-order valence-corrected chi connectivity index (χ2v) is 9.09. The summed E-state index contributed by atoms with van der Waals surface area (Å²) in [5, 5.41) is 9.11. The summed E-state index contributed by atoms with van der Waals surface area (Å²) in [6, 6.07) is 4.80. The van der Waals surface area contributed by atoms with E-state index in [0.29, 0.717) is 25.2 Å². The molecule has 7 heteroatoms. The Morgan fingerprint density at radius 2 is 2.00 bits per heavy atom. The van der Waals surface area contributed by atoms with Gasteiger partial charge in [-0.1, -0.05) is 12.5 Å². The molecule has 0 saturated carbocycles. The van der Waals surface area contributed by atoms with Gasteiger partial charge in [-0.15, -0.1) is 0 Å². The van der Waals surface area contributed by atoms with E-state index in [2.05, 4.69) is 0 Å². The lowest BCUT2D eigenvalue weighted by Crippen LogP contribution is -2.51. The highest BCUT2D eigenvalue weighted by atomic mass is 32.2. The maximum atomic E-state index is 13.0. The van der Waals surface area contributed by atoms with Gasteiger partial charge in [-0.25, -0.2) is 8.42 Å². The molecule has 0 spiro atoms. The molecule has 1 N–H and O–H groups in total. The quantitative estimate of drug-likeness (QED) is 0.878. The van der Waals surface area contributed by atoms with Crippen molar-refractivity contribution in [3.8, 4) is 0 Å². The Balaban J connectivity index is 1.87. The lowest BCUT2D eigenvalue weighted by molar-refractivity contribution is 0.0361. The molecule has 2 fully saturated rings. The number of nitrogens with zero attached hydrogens (tertiary/aromatic N) is 2. The lowest BCUT2D eigenvalue weighted by atomic mass is 9.98. The first-order valence-corrected chi connectivity index (χ1v) is 10.3. The Labute approximate surface area is 149 Å². The third kappa shape index (κ3) is 3.45. The Kier molecular flexibility index (Phi) is 5.18. The van der Waals surface area contributed by atoms with Crippen LogP contribution < -0.4 is 0 Å². The Morgan fingerprint density at radius 3 is 2.64 bits per heavy atom. The van der Waals surface area contributed by atoms with E-state index < -0.39 is 10.0 Å². The van der Waals surface area contributed by atoms with Crippen LogP contribution in [-0.2, 0) is 10.0 Å². The summed E-state index contributed by atoms with van der Waals surface area (Å²) >= 11 is 0. The minimum atomic E-state index is -3.59. The van der Waals surface area contributed by atoms with Crippen LogP contribution >= 0.6 is 0 Å². The fraction of sp³-hybridized carbons (Fsp3) is 0.611. The number of carbonyl (C=O) groups excluding carboxylic acids is 1. The highest BCUT2D eigenvalue weighted by molar-refractivity contribution is 7.89. The number of sulfonamides is 1. The zero-order chi connectivity index (χ0) is 18.2. The second kappa shape index (κ2) is 7.05. The summed E-state index contributed by atoms with van der Waals surface area (Å²) < 4.78 is 27.6. The van der Waals surface area contributed by atoms with Crippen molar-refractivity contribution in [2.45, 2.75) is 44.0 Å². The average molecular weight is 366 g/mol. The maximum Gasteiger partial charge on any atom is 0.254 e. The Morgan fingerprint density at radius 1 is 1.28 bits per heavy atom. The van der Waals surface area contributed by atoms with Gasteiger partial charge in [0.2, 0.25) is 10.0 Å². The molecule has 1 aromatic rings. The first-order chi connectivity index (χ1) is 11.8. The molecule has 0 aliphatic carbocycles. The van der Waals surface area contributed by atoms with Crippen LogP contribution in [0.3, 0.4) is 0 Å². The van der Waals surface area contributed by atoms with Crippen LogP contribution in [-0.4, -0.2) is 60.9 Å². The SMILES string of the molecule is Cc1ccc(S(=O)(=O)N2CCCC[C@@H]2C)cc1C(=O)N1CC(CO)C1. The van der Waals surface area contributed by atoms with E-state index in [1.54, 1.807) is 21.3 Å². The molecular weight excluding hydrogens is 340 g/mol. The van der Waals surface area contributed by atoms with Gasteiger partial charge in [0.25, 0.3) is 5.91 Å². The normalized spacial score (nSPS) is 22.7. The highest BCUT2D eigenvalue weighted by Crippen LogP contribution is 2.27. The molecule has 1 aromatic carbocycles. The molecule has 0 radical (unpaired) electrons. The Hall–Kier alpha value is -1.44. The van der Waals surface area contributed by atoms with Crippen molar-refractivity contribution in [1.82, 2.24) is 9.21 Å². The van der Waals surface area contributed by atoms with Crippen molar-refractivity contribution in [2.24, 2.45) is 5.92 Å². The predicted octanol–water partition coefficient (Wildman–Crippen LogP) is 1.62. The van der Waals surface area contributed by atoms with Gasteiger partial charge in [0.1, 0.15) is 0 Å². The van der Waals surface area contributed by atoms with Crippen LogP contribution in [0.4, 0.5) is 0 Å². The van der Waals surface area contributed by atoms with Crippen LogP contribution in [0.2, 0.25) is 0 Å². The van der Waals surface area contributed by atoms with Crippen molar-refractivity contribution in [1.29, 1.82) is 0 Å². The third-order valence-corrected chi connectivity index (χ3v) is 7.30. The average Bonchev–Trinajstić information content (AvgIpc) is 2.54.